The summed E-state index contributed by atoms with van der Waals surface area (Å²) in [6, 6.07) is 13.0. The Balaban J connectivity index is 1.96. The maximum absolute atomic E-state index is 4.68. The summed E-state index contributed by atoms with van der Waals surface area (Å²) in [6.45, 7) is 11.0. The Bertz CT molecular complexity index is 839. The Kier molecular flexibility index (Phi) is 4.55. The fourth-order valence-electron chi connectivity index (χ4n) is 3.42. The molecule has 1 heterocycles. The zero-order chi connectivity index (χ0) is 18.2. The molecule has 0 spiro atoms. The van der Waals surface area contributed by atoms with Gasteiger partial charge in [0.2, 0.25) is 0 Å². The van der Waals surface area contributed by atoms with Crippen LogP contribution in [0.5, 0.6) is 0 Å². The average molecular weight is 332 g/mol. The highest BCUT2D eigenvalue weighted by Gasteiger charge is 2.28. The van der Waals surface area contributed by atoms with Crippen LogP contribution in [0.2, 0.25) is 0 Å². The van der Waals surface area contributed by atoms with Crippen molar-refractivity contribution in [2.75, 3.05) is 11.9 Å². The van der Waals surface area contributed by atoms with Gasteiger partial charge in [-0.05, 0) is 80.6 Å². The summed E-state index contributed by atoms with van der Waals surface area (Å²) in [5.41, 5.74) is 8.75. The molecule has 0 unspecified atom stereocenters. The SMILES string of the molecule is CCc1ccc(N=Cc2cc3c(cc2C)N(C)C(C)(C)C=C3C)cc1. The Morgan fingerprint density at radius 2 is 1.76 bits per heavy atom. The molecule has 3 rings (SSSR count). The first kappa shape index (κ1) is 17.5. The van der Waals surface area contributed by atoms with Crippen LogP contribution in [0.1, 0.15) is 49.9 Å². The first-order chi connectivity index (χ1) is 11.8. The molecule has 0 aliphatic carbocycles. The Labute approximate surface area is 151 Å². The van der Waals surface area contributed by atoms with Crippen molar-refractivity contribution in [2.24, 2.45) is 4.99 Å². The van der Waals surface area contributed by atoms with Crippen LogP contribution in [0.3, 0.4) is 0 Å². The van der Waals surface area contributed by atoms with Gasteiger partial charge in [-0.3, -0.25) is 4.99 Å². The molecule has 0 amide bonds. The fourth-order valence-corrected chi connectivity index (χ4v) is 3.42. The van der Waals surface area contributed by atoms with Crippen LogP contribution >= 0.6 is 0 Å². The number of rotatable bonds is 3. The second-order valence-corrected chi connectivity index (χ2v) is 7.54. The molecule has 0 aromatic heterocycles. The van der Waals surface area contributed by atoms with Gasteiger partial charge < -0.3 is 4.90 Å². The van der Waals surface area contributed by atoms with Gasteiger partial charge >= 0.3 is 0 Å². The van der Waals surface area contributed by atoms with Gasteiger partial charge in [0.25, 0.3) is 0 Å². The minimum Gasteiger partial charge on any atom is -0.365 e. The zero-order valence-corrected chi connectivity index (χ0v) is 16.2. The highest BCUT2D eigenvalue weighted by atomic mass is 15.2. The van der Waals surface area contributed by atoms with E-state index in [-0.39, 0.29) is 5.54 Å². The minimum atomic E-state index is 0.0418. The molecule has 0 atom stereocenters. The summed E-state index contributed by atoms with van der Waals surface area (Å²) in [6.07, 6.45) is 5.39. The van der Waals surface area contributed by atoms with Crippen LogP contribution in [0.25, 0.3) is 5.57 Å². The lowest BCUT2D eigenvalue weighted by atomic mass is 9.87. The molecule has 2 aromatic rings. The van der Waals surface area contributed by atoms with E-state index in [1.165, 1.54) is 33.5 Å². The maximum Gasteiger partial charge on any atom is 0.0630 e. The zero-order valence-electron chi connectivity index (χ0n) is 16.2. The summed E-state index contributed by atoms with van der Waals surface area (Å²) in [7, 11) is 2.17. The van der Waals surface area contributed by atoms with E-state index in [9.17, 15) is 0 Å². The Morgan fingerprint density at radius 3 is 2.40 bits per heavy atom. The van der Waals surface area contributed by atoms with E-state index in [0.717, 1.165) is 12.1 Å². The number of allylic oxidation sites excluding steroid dienone is 1. The van der Waals surface area contributed by atoms with Gasteiger partial charge in [0, 0.05) is 24.5 Å². The molecular formula is C23H28N2. The van der Waals surface area contributed by atoms with Crippen molar-refractivity contribution in [2.45, 2.75) is 46.6 Å². The third kappa shape index (κ3) is 3.39. The molecule has 2 aromatic carbocycles. The third-order valence-corrected chi connectivity index (χ3v) is 5.30. The first-order valence-corrected chi connectivity index (χ1v) is 9.03. The van der Waals surface area contributed by atoms with E-state index in [2.05, 4.69) is 94.0 Å². The standard InChI is InChI=1S/C23H28N2/c1-7-18-8-10-20(11-9-18)24-15-19-13-21-17(3)14-23(4,5)25(6)22(21)12-16(19)2/h8-15H,7H2,1-6H3. The summed E-state index contributed by atoms with van der Waals surface area (Å²) in [5, 5.41) is 0. The number of hydrogen-bond donors (Lipinski definition) is 0. The number of aliphatic imine (C=N–C) groups is 1. The van der Waals surface area contributed by atoms with Gasteiger partial charge in [-0.2, -0.15) is 0 Å². The van der Waals surface area contributed by atoms with Gasteiger partial charge in [0.1, 0.15) is 0 Å². The summed E-state index contributed by atoms with van der Waals surface area (Å²) in [5.74, 6) is 0. The smallest absolute Gasteiger partial charge is 0.0630 e. The van der Waals surface area contributed by atoms with E-state index in [4.69, 9.17) is 0 Å². The molecule has 130 valence electrons. The quantitative estimate of drug-likeness (QED) is 0.635. The summed E-state index contributed by atoms with van der Waals surface area (Å²) >= 11 is 0. The second kappa shape index (κ2) is 6.51. The highest BCUT2D eigenvalue weighted by molar-refractivity contribution is 5.90. The van der Waals surface area contributed by atoms with Gasteiger partial charge in [0.05, 0.1) is 11.2 Å². The summed E-state index contributed by atoms with van der Waals surface area (Å²) in [4.78, 5) is 7.03. The number of anilines is 1. The Hall–Kier alpha value is -2.35. The van der Waals surface area contributed by atoms with Gasteiger partial charge in [-0.15, -0.1) is 0 Å². The number of fused-ring (bicyclic) bond motifs is 1. The second-order valence-electron chi connectivity index (χ2n) is 7.54. The number of nitrogens with zero attached hydrogens (tertiary/aromatic N) is 2. The lowest BCUT2D eigenvalue weighted by molar-refractivity contribution is 0.597. The van der Waals surface area contributed by atoms with Crippen LogP contribution in [0, 0.1) is 6.92 Å². The van der Waals surface area contributed by atoms with Crippen molar-refractivity contribution in [3.8, 4) is 0 Å². The predicted octanol–water partition coefficient (Wildman–Crippen LogP) is 5.94. The molecule has 0 saturated heterocycles. The lowest BCUT2D eigenvalue weighted by Gasteiger charge is -2.41. The fraction of sp³-hybridized carbons (Fsp3) is 0.348. The summed E-state index contributed by atoms with van der Waals surface area (Å²) < 4.78 is 0. The van der Waals surface area contributed by atoms with Crippen molar-refractivity contribution in [1.29, 1.82) is 0 Å². The number of likely N-dealkylation sites (N-methyl/N-ethyl adjacent to an activating group) is 1. The monoisotopic (exact) mass is 332 g/mol. The number of hydrogen-bond acceptors (Lipinski definition) is 2. The highest BCUT2D eigenvalue weighted by Crippen LogP contribution is 2.39. The normalized spacial score (nSPS) is 16.1. The molecular weight excluding hydrogens is 304 g/mol. The number of benzene rings is 2. The van der Waals surface area contributed by atoms with Crippen LogP contribution in [0.4, 0.5) is 11.4 Å². The van der Waals surface area contributed by atoms with E-state index in [1.54, 1.807) is 0 Å². The predicted molar refractivity (Wildman–Crippen MR) is 110 cm³/mol. The molecule has 0 bridgehead atoms. The molecule has 25 heavy (non-hydrogen) atoms. The van der Waals surface area contributed by atoms with Crippen LogP contribution < -0.4 is 4.90 Å². The van der Waals surface area contributed by atoms with Crippen LogP contribution in [0.15, 0.2) is 47.5 Å². The molecule has 0 radical (unpaired) electrons. The molecule has 0 N–H and O–H groups in total. The largest absolute Gasteiger partial charge is 0.365 e. The molecule has 0 fully saturated rings. The molecule has 2 heteroatoms. The third-order valence-electron chi connectivity index (χ3n) is 5.30. The maximum atomic E-state index is 4.68. The van der Waals surface area contributed by atoms with Crippen LogP contribution in [-0.4, -0.2) is 18.8 Å². The van der Waals surface area contributed by atoms with E-state index >= 15 is 0 Å². The van der Waals surface area contributed by atoms with E-state index < -0.39 is 0 Å². The lowest BCUT2D eigenvalue weighted by Crippen LogP contribution is -2.42. The van der Waals surface area contributed by atoms with Crippen molar-refractivity contribution in [3.63, 3.8) is 0 Å². The van der Waals surface area contributed by atoms with Crippen molar-refractivity contribution < 1.29 is 0 Å². The van der Waals surface area contributed by atoms with Crippen molar-refractivity contribution in [3.05, 3.63) is 64.7 Å². The topological polar surface area (TPSA) is 15.6 Å². The van der Waals surface area contributed by atoms with Crippen molar-refractivity contribution in [1.82, 2.24) is 0 Å². The molecule has 1 aliphatic rings. The van der Waals surface area contributed by atoms with Crippen LogP contribution in [-0.2, 0) is 6.42 Å². The van der Waals surface area contributed by atoms with E-state index in [0.29, 0.717) is 0 Å². The van der Waals surface area contributed by atoms with E-state index in [1.807, 2.05) is 6.21 Å². The molecule has 0 saturated carbocycles. The molecule has 1 aliphatic heterocycles. The van der Waals surface area contributed by atoms with Crippen molar-refractivity contribution >= 4 is 23.2 Å². The van der Waals surface area contributed by atoms with Gasteiger partial charge in [0.15, 0.2) is 0 Å². The number of aryl methyl sites for hydroxylation is 2. The van der Waals surface area contributed by atoms with Gasteiger partial charge in [-0.25, -0.2) is 0 Å². The Morgan fingerprint density at radius 1 is 1.08 bits per heavy atom. The minimum absolute atomic E-state index is 0.0418. The first-order valence-electron chi connectivity index (χ1n) is 9.03. The van der Waals surface area contributed by atoms with Gasteiger partial charge in [-0.1, -0.05) is 25.1 Å². The molecule has 2 nitrogen and oxygen atoms in total. The average Bonchev–Trinajstić information content (AvgIpc) is 2.58.